The summed E-state index contributed by atoms with van der Waals surface area (Å²) in [5, 5.41) is 18.6. The van der Waals surface area contributed by atoms with E-state index in [4.69, 9.17) is 0 Å². The second kappa shape index (κ2) is 6.96. The van der Waals surface area contributed by atoms with Gasteiger partial charge in [-0.1, -0.05) is 0 Å². The van der Waals surface area contributed by atoms with Crippen LogP contribution in [0.15, 0.2) is 6.33 Å². The van der Waals surface area contributed by atoms with Crippen LogP contribution in [-0.2, 0) is 0 Å². The summed E-state index contributed by atoms with van der Waals surface area (Å²) in [4.78, 5) is 19.4. The highest BCUT2D eigenvalue weighted by molar-refractivity contribution is 5.69. The molecule has 146 valence electrons. The van der Waals surface area contributed by atoms with Crippen LogP contribution in [0, 0.1) is 10.1 Å². The second-order valence-corrected chi connectivity index (χ2v) is 9.32. The van der Waals surface area contributed by atoms with E-state index in [1.54, 1.807) is 0 Å². The quantitative estimate of drug-likeness (QED) is 0.465. The largest absolute Gasteiger partial charge is 0.361 e. The van der Waals surface area contributed by atoms with Crippen molar-refractivity contribution in [2.24, 2.45) is 0 Å². The summed E-state index contributed by atoms with van der Waals surface area (Å²) in [7, 11) is 0. The van der Waals surface area contributed by atoms with Crippen LogP contribution in [0.3, 0.4) is 0 Å². The third kappa shape index (κ3) is 5.50. The van der Waals surface area contributed by atoms with E-state index in [1.807, 2.05) is 20.8 Å². The lowest BCUT2D eigenvalue weighted by Crippen LogP contribution is -2.60. The molecule has 2 heterocycles. The molecular formula is C17H31N7O2. The van der Waals surface area contributed by atoms with Gasteiger partial charge in [0.15, 0.2) is 0 Å². The minimum atomic E-state index is -0.452. The van der Waals surface area contributed by atoms with Crippen LogP contribution < -0.4 is 21.5 Å². The van der Waals surface area contributed by atoms with Crippen molar-refractivity contribution in [3.05, 3.63) is 16.4 Å². The summed E-state index contributed by atoms with van der Waals surface area (Å²) >= 11 is 0. The number of hydrogen-bond donors (Lipinski definition) is 4. The number of anilines is 2. The molecule has 1 fully saturated rings. The zero-order chi connectivity index (χ0) is 19.8. The molecule has 1 aromatic heterocycles. The maximum Gasteiger partial charge on any atom is 0.354 e. The maximum absolute atomic E-state index is 11.7. The molecule has 9 heteroatoms. The molecule has 0 aromatic carbocycles. The number of rotatable bonds is 5. The number of piperidine rings is 1. The lowest BCUT2D eigenvalue weighted by molar-refractivity contribution is -0.383. The first-order chi connectivity index (χ1) is 11.8. The molecule has 0 unspecified atom stereocenters. The van der Waals surface area contributed by atoms with Crippen LogP contribution in [0.2, 0.25) is 0 Å². The Balaban J connectivity index is 2.27. The maximum atomic E-state index is 11.7. The smallest absolute Gasteiger partial charge is 0.354 e. The number of aromatic nitrogens is 2. The van der Waals surface area contributed by atoms with Gasteiger partial charge in [0.25, 0.3) is 0 Å². The highest BCUT2D eigenvalue weighted by atomic mass is 16.6. The van der Waals surface area contributed by atoms with Crippen molar-refractivity contribution in [2.45, 2.75) is 84.0 Å². The fourth-order valence-corrected chi connectivity index (χ4v) is 3.61. The highest BCUT2D eigenvalue weighted by Crippen LogP contribution is 2.34. The van der Waals surface area contributed by atoms with E-state index in [1.165, 1.54) is 6.33 Å². The minimum absolute atomic E-state index is 0.0678. The standard InChI is InChI=1S/C17H31N7O2/c1-15(2,3)23-21-14-12(24(25)26)13(18-10-19-14)20-11-8-16(4,5)22-17(6,7)9-11/h10-11,22-23H,8-9H2,1-7H3,(H2,18,19,20,21). The monoisotopic (exact) mass is 365 g/mol. The molecular weight excluding hydrogens is 334 g/mol. The van der Waals surface area contributed by atoms with Gasteiger partial charge in [-0.2, -0.15) is 0 Å². The molecule has 1 saturated heterocycles. The van der Waals surface area contributed by atoms with Crippen LogP contribution in [0.5, 0.6) is 0 Å². The second-order valence-electron chi connectivity index (χ2n) is 9.32. The summed E-state index contributed by atoms with van der Waals surface area (Å²) in [6.07, 6.45) is 3.00. The SMILES string of the molecule is CC(C)(C)NNc1ncnc(NC2CC(C)(C)NC(C)(C)C2)c1[N+](=O)[O-]. The summed E-state index contributed by atoms with van der Waals surface area (Å²) < 4.78 is 0. The van der Waals surface area contributed by atoms with Gasteiger partial charge in [-0.15, -0.1) is 0 Å². The average Bonchev–Trinajstić information content (AvgIpc) is 2.40. The van der Waals surface area contributed by atoms with Crippen molar-refractivity contribution in [2.75, 3.05) is 10.7 Å². The van der Waals surface area contributed by atoms with Crippen LogP contribution in [0.25, 0.3) is 0 Å². The van der Waals surface area contributed by atoms with E-state index in [0.717, 1.165) is 12.8 Å². The van der Waals surface area contributed by atoms with Crippen LogP contribution in [-0.4, -0.2) is 37.5 Å². The molecule has 0 radical (unpaired) electrons. The van der Waals surface area contributed by atoms with Gasteiger partial charge in [0, 0.05) is 22.7 Å². The van der Waals surface area contributed by atoms with E-state index < -0.39 is 4.92 Å². The third-order valence-electron chi connectivity index (χ3n) is 4.09. The molecule has 0 spiro atoms. The van der Waals surface area contributed by atoms with Crippen molar-refractivity contribution in [3.8, 4) is 0 Å². The van der Waals surface area contributed by atoms with Gasteiger partial charge >= 0.3 is 5.69 Å². The number of hydrogen-bond acceptors (Lipinski definition) is 8. The van der Waals surface area contributed by atoms with Gasteiger partial charge in [0.05, 0.1) is 4.92 Å². The van der Waals surface area contributed by atoms with Crippen molar-refractivity contribution in [1.29, 1.82) is 0 Å². The Bertz CT molecular complexity index is 652. The van der Waals surface area contributed by atoms with Crippen molar-refractivity contribution in [3.63, 3.8) is 0 Å². The Morgan fingerprint density at radius 1 is 1.15 bits per heavy atom. The molecule has 4 N–H and O–H groups in total. The summed E-state index contributed by atoms with van der Waals surface area (Å²) in [5.74, 6) is 0.386. The molecule has 1 aromatic rings. The van der Waals surface area contributed by atoms with Crippen LogP contribution in [0.1, 0.15) is 61.3 Å². The molecule has 0 bridgehead atoms. The molecule has 0 saturated carbocycles. The van der Waals surface area contributed by atoms with Crippen LogP contribution >= 0.6 is 0 Å². The van der Waals surface area contributed by atoms with Crippen molar-refractivity contribution < 1.29 is 4.92 Å². The first kappa shape index (κ1) is 20.3. The number of hydrazine groups is 1. The van der Waals surface area contributed by atoms with Gasteiger partial charge < -0.3 is 10.6 Å². The first-order valence-corrected chi connectivity index (χ1v) is 8.86. The van der Waals surface area contributed by atoms with Gasteiger partial charge in [-0.3, -0.25) is 15.5 Å². The molecule has 0 amide bonds. The molecule has 26 heavy (non-hydrogen) atoms. The fourth-order valence-electron chi connectivity index (χ4n) is 3.61. The van der Waals surface area contributed by atoms with E-state index in [0.29, 0.717) is 0 Å². The van der Waals surface area contributed by atoms with Crippen molar-refractivity contribution >= 4 is 17.3 Å². The molecule has 1 aliphatic heterocycles. The Kier molecular flexibility index (Phi) is 5.44. The molecule has 1 aliphatic rings. The molecule has 9 nitrogen and oxygen atoms in total. The normalized spacial score (nSPS) is 19.8. The number of nitro groups is 1. The Morgan fingerprint density at radius 3 is 2.19 bits per heavy atom. The highest BCUT2D eigenvalue weighted by Gasteiger charge is 2.38. The average molecular weight is 365 g/mol. The predicted octanol–water partition coefficient (Wildman–Crippen LogP) is 2.82. The van der Waals surface area contributed by atoms with Gasteiger partial charge in [0.2, 0.25) is 11.6 Å². The minimum Gasteiger partial charge on any atom is -0.361 e. The van der Waals surface area contributed by atoms with E-state index in [-0.39, 0.29) is 40.0 Å². The number of nitrogens with one attached hydrogen (secondary N) is 4. The predicted molar refractivity (Wildman–Crippen MR) is 103 cm³/mol. The van der Waals surface area contributed by atoms with Gasteiger partial charge in [-0.05, 0) is 61.3 Å². The lowest BCUT2D eigenvalue weighted by atomic mass is 9.79. The zero-order valence-electron chi connectivity index (χ0n) is 16.7. The number of nitrogens with zero attached hydrogens (tertiary/aromatic N) is 3. The molecule has 2 rings (SSSR count). The van der Waals surface area contributed by atoms with E-state index in [2.05, 4.69) is 59.1 Å². The fraction of sp³-hybridized carbons (Fsp3) is 0.765. The lowest BCUT2D eigenvalue weighted by Gasteiger charge is -2.46. The van der Waals surface area contributed by atoms with E-state index >= 15 is 0 Å². The molecule has 0 atom stereocenters. The summed E-state index contributed by atoms with van der Waals surface area (Å²) in [6.45, 7) is 14.4. The van der Waals surface area contributed by atoms with Gasteiger partial charge in [0.1, 0.15) is 6.33 Å². The summed E-state index contributed by atoms with van der Waals surface area (Å²) in [5.41, 5.74) is 5.29. The topological polar surface area (TPSA) is 117 Å². The Hall–Kier alpha value is -2.00. The Morgan fingerprint density at radius 2 is 1.69 bits per heavy atom. The van der Waals surface area contributed by atoms with Crippen LogP contribution in [0.4, 0.5) is 17.3 Å². The molecule has 0 aliphatic carbocycles. The summed E-state index contributed by atoms with van der Waals surface area (Å²) in [6, 6.07) is 0.0678. The third-order valence-corrected chi connectivity index (χ3v) is 4.09. The van der Waals surface area contributed by atoms with Crippen molar-refractivity contribution in [1.82, 2.24) is 20.7 Å². The zero-order valence-corrected chi connectivity index (χ0v) is 16.7. The van der Waals surface area contributed by atoms with Gasteiger partial charge in [-0.25, -0.2) is 15.4 Å². The Labute approximate surface area is 154 Å². The van der Waals surface area contributed by atoms with E-state index in [9.17, 15) is 10.1 Å². The first-order valence-electron chi connectivity index (χ1n) is 8.86.